The van der Waals surface area contributed by atoms with Crippen molar-refractivity contribution >= 4 is 35.0 Å². The van der Waals surface area contributed by atoms with Gasteiger partial charge < -0.3 is 15.5 Å². The van der Waals surface area contributed by atoms with E-state index in [1.165, 1.54) is 6.33 Å². The molecule has 1 aliphatic heterocycles. The fourth-order valence-electron chi connectivity index (χ4n) is 3.73. The van der Waals surface area contributed by atoms with E-state index in [0.717, 1.165) is 24.4 Å². The summed E-state index contributed by atoms with van der Waals surface area (Å²) >= 11 is 5.90. The molecule has 1 fully saturated rings. The average Bonchev–Trinajstić information content (AvgIpc) is 3.25. The van der Waals surface area contributed by atoms with E-state index in [4.69, 9.17) is 11.6 Å². The van der Waals surface area contributed by atoms with Gasteiger partial charge in [-0.3, -0.25) is 9.59 Å². The molecule has 4 rings (SSSR count). The Balaban J connectivity index is 1.28. The molecule has 3 aromatic rings. The van der Waals surface area contributed by atoms with Gasteiger partial charge in [0.1, 0.15) is 12.1 Å². The molecule has 2 N–H and O–H groups in total. The summed E-state index contributed by atoms with van der Waals surface area (Å²) < 4.78 is 1.62. The third kappa shape index (κ3) is 4.93. The highest BCUT2D eigenvalue weighted by Crippen LogP contribution is 2.20. The zero-order chi connectivity index (χ0) is 21.8. The van der Waals surface area contributed by atoms with Gasteiger partial charge in [0, 0.05) is 48.5 Å². The summed E-state index contributed by atoms with van der Waals surface area (Å²) in [5.41, 5.74) is 1.42. The maximum Gasteiger partial charge on any atom is 0.254 e. The van der Waals surface area contributed by atoms with E-state index in [1.54, 1.807) is 33.7 Å². The molecule has 31 heavy (non-hydrogen) atoms. The quantitative estimate of drug-likeness (QED) is 0.568. The second-order valence-electron chi connectivity index (χ2n) is 7.57. The monoisotopic (exact) mass is 441 g/mol. The maximum absolute atomic E-state index is 12.7. The number of aromatic nitrogens is 4. The van der Waals surface area contributed by atoms with Crippen molar-refractivity contribution < 1.29 is 9.59 Å². The summed E-state index contributed by atoms with van der Waals surface area (Å²) in [4.78, 5) is 35.5. The van der Waals surface area contributed by atoms with Crippen LogP contribution < -0.4 is 10.6 Å². The normalized spacial score (nSPS) is 16.3. The van der Waals surface area contributed by atoms with Crippen LogP contribution in [0.1, 0.15) is 28.9 Å². The minimum absolute atomic E-state index is 0.0350. The summed E-state index contributed by atoms with van der Waals surface area (Å²) in [6.07, 6.45) is 3.03. The number of carbonyl (C=O) groups is 2. The SMILES string of the molecule is Cc1cc(NCCNC(=O)C2CCCN(C(=O)c3ccc(Cl)cc3)C2)n2ncnc2n1. The van der Waals surface area contributed by atoms with Crippen molar-refractivity contribution in [3.05, 3.63) is 52.9 Å². The van der Waals surface area contributed by atoms with E-state index >= 15 is 0 Å². The van der Waals surface area contributed by atoms with Gasteiger partial charge in [0.25, 0.3) is 11.7 Å². The molecule has 2 amide bonds. The number of hydrogen-bond acceptors (Lipinski definition) is 6. The maximum atomic E-state index is 12.7. The number of anilines is 1. The largest absolute Gasteiger partial charge is 0.368 e. The van der Waals surface area contributed by atoms with E-state index in [1.807, 2.05) is 13.0 Å². The minimum atomic E-state index is -0.213. The Morgan fingerprint density at radius 1 is 1.23 bits per heavy atom. The molecule has 3 heterocycles. The topological polar surface area (TPSA) is 105 Å². The Bertz CT molecular complexity index is 1080. The summed E-state index contributed by atoms with van der Waals surface area (Å²) in [7, 11) is 0. The Labute approximate surface area is 184 Å². The lowest BCUT2D eigenvalue weighted by molar-refractivity contribution is -0.126. The molecule has 9 nitrogen and oxygen atoms in total. The summed E-state index contributed by atoms with van der Waals surface area (Å²) in [5.74, 6) is 0.981. The fraction of sp³-hybridized carbons (Fsp3) is 0.381. The molecular formula is C21H24ClN7O2. The first-order valence-corrected chi connectivity index (χ1v) is 10.6. The van der Waals surface area contributed by atoms with E-state index in [2.05, 4.69) is 25.7 Å². The zero-order valence-electron chi connectivity index (χ0n) is 17.2. The highest BCUT2D eigenvalue weighted by Gasteiger charge is 2.28. The standard InChI is InChI=1S/C21H24ClN7O2/c1-14-11-18(29-21(27-14)25-13-26-29)23-8-9-24-19(30)16-3-2-10-28(12-16)20(31)15-4-6-17(22)7-5-15/h4-7,11,13,16,23H,2-3,8-10,12H2,1H3,(H,24,30). The molecule has 10 heteroatoms. The first-order chi connectivity index (χ1) is 15.0. The number of likely N-dealkylation sites (tertiary alicyclic amines) is 1. The second-order valence-corrected chi connectivity index (χ2v) is 8.01. The predicted molar refractivity (Wildman–Crippen MR) is 117 cm³/mol. The molecule has 1 saturated heterocycles. The van der Waals surface area contributed by atoms with Crippen molar-refractivity contribution in [2.75, 3.05) is 31.5 Å². The first kappa shape index (κ1) is 21.0. The highest BCUT2D eigenvalue weighted by molar-refractivity contribution is 6.30. The van der Waals surface area contributed by atoms with E-state index in [-0.39, 0.29) is 17.7 Å². The van der Waals surface area contributed by atoms with Gasteiger partial charge in [-0.05, 0) is 44.0 Å². The van der Waals surface area contributed by atoms with Gasteiger partial charge in [-0.15, -0.1) is 0 Å². The number of halogens is 1. The van der Waals surface area contributed by atoms with Gasteiger partial charge in [-0.25, -0.2) is 4.98 Å². The van der Waals surface area contributed by atoms with Crippen molar-refractivity contribution in [1.29, 1.82) is 0 Å². The number of rotatable bonds is 6. The van der Waals surface area contributed by atoms with Crippen LogP contribution in [-0.2, 0) is 4.79 Å². The number of fused-ring (bicyclic) bond motifs is 1. The fourth-order valence-corrected chi connectivity index (χ4v) is 3.85. The first-order valence-electron chi connectivity index (χ1n) is 10.2. The molecular weight excluding hydrogens is 418 g/mol. The number of piperidine rings is 1. The van der Waals surface area contributed by atoms with Crippen LogP contribution in [0.2, 0.25) is 5.02 Å². The molecule has 162 valence electrons. The number of benzene rings is 1. The highest BCUT2D eigenvalue weighted by atomic mass is 35.5. The van der Waals surface area contributed by atoms with Crippen LogP contribution in [0.5, 0.6) is 0 Å². The predicted octanol–water partition coefficient (Wildman–Crippen LogP) is 2.17. The van der Waals surface area contributed by atoms with Gasteiger partial charge >= 0.3 is 0 Å². The molecule has 1 unspecified atom stereocenters. The Hall–Kier alpha value is -3.20. The third-order valence-electron chi connectivity index (χ3n) is 5.28. The molecule has 0 radical (unpaired) electrons. The van der Waals surface area contributed by atoms with E-state index < -0.39 is 0 Å². The van der Waals surface area contributed by atoms with E-state index in [0.29, 0.717) is 42.5 Å². The van der Waals surface area contributed by atoms with Crippen LogP contribution in [-0.4, -0.2) is 62.5 Å². The molecule has 2 aromatic heterocycles. The van der Waals surface area contributed by atoms with Crippen molar-refractivity contribution in [2.45, 2.75) is 19.8 Å². The number of carbonyl (C=O) groups excluding carboxylic acids is 2. The van der Waals surface area contributed by atoms with Crippen LogP contribution in [0.15, 0.2) is 36.7 Å². The Morgan fingerprint density at radius 3 is 2.84 bits per heavy atom. The van der Waals surface area contributed by atoms with Crippen molar-refractivity contribution in [2.24, 2.45) is 5.92 Å². The van der Waals surface area contributed by atoms with Crippen LogP contribution in [0.25, 0.3) is 5.78 Å². The smallest absolute Gasteiger partial charge is 0.254 e. The molecule has 0 saturated carbocycles. The Morgan fingerprint density at radius 2 is 2.03 bits per heavy atom. The molecule has 1 atom stereocenters. The van der Waals surface area contributed by atoms with Crippen LogP contribution >= 0.6 is 11.6 Å². The number of aryl methyl sites for hydroxylation is 1. The van der Waals surface area contributed by atoms with Crippen LogP contribution in [0.4, 0.5) is 5.82 Å². The summed E-state index contributed by atoms with van der Waals surface area (Å²) in [6, 6.07) is 8.71. The lowest BCUT2D eigenvalue weighted by atomic mass is 9.96. The lowest BCUT2D eigenvalue weighted by Gasteiger charge is -2.32. The van der Waals surface area contributed by atoms with Crippen molar-refractivity contribution in [1.82, 2.24) is 29.8 Å². The second kappa shape index (κ2) is 9.30. The van der Waals surface area contributed by atoms with Gasteiger partial charge in [-0.2, -0.15) is 14.6 Å². The average molecular weight is 442 g/mol. The van der Waals surface area contributed by atoms with Gasteiger partial charge in [0.15, 0.2) is 0 Å². The molecule has 0 spiro atoms. The number of amides is 2. The number of nitrogens with one attached hydrogen (secondary N) is 2. The summed E-state index contributed by atoms with van der Waals surface area (Å²) in [5, 5.41) is 11.0. The van der Waals surface area contributed by atoms with Gasteiger partial charge in [0.05, 0.1) is 5.92 Å². The number of nitrogens with zero attached hydrogens (tertiary/aromatic N) is 5. The molecule has 1 aromatic carbocycles. The molecule has 0 bridgehead atoms. The number of hydrogen-bond donors (Lipinski definition) is 2. The third-order valence-corrected chi connectivity index (χ3v) is 5.53. The zero-order valence-corrected chi connectivity index (χ0v) is 18.0. The lowest BCUT2D eigenvalue weighted by Crippen LogP contribution is -2.46. The van der Waals surface area contributed by atoms with Gasteiger partial charge in [-0.1, -0.05) is 11.6 Å². The van der Waals surface area contributed by atoms with Crippen LogP contribution in [0, 0.1) is 12.8 Å². The summed E-state index contributed by atoms with van der Waals surface area (Å²) in [6.45, 7) is 3.95. The molecule has 1 aliphatic rings. The van der Waals surface area contributed by atoms with Gasteiger partial charge in [0.2, 0.25) is 5.91 Å². The van der Waals surface area contributed by atoms with Crippen LogP contribution in [0.3, 0.4) is 0 Å². The van der Waals surface area contributed by atoms with E-state index in [9.17, 15) is 9.59 Å². The minimum Gasteiger partial charge on any atom is -0.368 e. The Kier molecular flexibility index (Phi) is 6.31. The van der Waals surface area contributed by atoms with Crippen molar-refractivity contribution in [3.63, 3.8) is 0 Å². The van der Waals surface area contributed by atoms with Crippen molar-refractivity contribution in [3.8, 4) is 0 Å². The molecule has 0 aliphatic carbocycles.